The lowest BCUT2D eigenvalue weighted by Crippen LogP contribution is -2.36. The van der Waals surface area contributed by atoms with E-state index in [0.29, 0.717) is 36.4 Å². The van der Waals surface area contributed by atoms with Gasteiger partial charge in [0.05, 0.1) is 37.9 Å². The van der Waals surface area contributed by atoms with Gasteiger partial charge in [-0.3, -0.25) is 0 Å². The van der Waals surface area contributed by atoms with Gasteiger partial charge in [-0.1, -0.05) is 18.2 Å². The maximum atomic E-state index is 13.9. The first kappa shape index (κ1) is 43.4. The predicted molar refractivity (Wildman–Crippen MR) is 152 cm³/mol. The molecule has 0 spiro atoms. The van der Waals surface area contributed by atoms with Crippen molar-refractivity contribution < 1.29 is 80.3 Å². The highest BCUT2D eigenvalue weighted by atomic mass is 79.9. The minimum atomic E-state index is -5.23. The van der Waals surface area contributed by atoms with Crippen LogP contribution in [0.1, 0.15) is 33.4 Å². The van der Waals surface area contributed by atoms with E-state index >= 15 is 0 Å². The largest absolute Gasteiger partial charge is 0.489 e. The SMILES string of the molecule is N#Cc1cc(F)c(-c2ccc(C(F)(F)F)cc2C(F)(F)F)cc1F.N#Cc1cc(F)c(Br)cc1F.OB(O)c1ccc(C(F)(F)F)cc1C(F)(F)F. The first-order chi connectivity index (χ1) is 23.6. The zero-order chi connectivity index (χ0) is 40.1. The molecular weight excluding hydrogens is 815 g/mol. The first-order valence-electron chi connectivity index (χ1n) is 13.0. The molecule has 0 atom stereocenters. The Labute approximate surface area is 289 Å². The van der Waals surface area contributed by atoms with Crippen LogP contribution in [0.2, 0.25) is 0 Å². The second kappa shape index (κ2) is 16.3. The zero-order valence-corrected chi connectivity index (χ0v) is 26.2. The summed E-state index contributed by atoms with van der Waals surface area (Å²) in [7, 11) is -2.49. The molecule has 0 fully saturated rings. The van der Waals surface area contributed by atoms with E-state index in [-0.39, 0.29) is 22.2 Å². The van der Waals surface area contributed by atoms with Crippen molar-refractivity contribution in [1.29, 1.82) is 10.5 Å². The van der Waals surface area contributed by atoms with Crippen molar-refractivity contribution in [2.24, 2.45) is 0 Å². The van der Waals surface area contributed by atoms with Crippen molar-refractivity contribution in [3.05, 3.63) is 122 Å². The van der Waals surface area contributed by atoms with Gasteiger partial charge in [0.25, 0.3) is 0 Å². The van der Waals surface area contributed by atoms with E-state index in [1.165, 1.54) is 12.1 Å². The molecule has 4 aromatic rings. The molecule has 4 aromatic carbocycles. The van der Waals surface area contributed by atoms with Gasteiger partial charge in [0.15, 0.2) is 0 Å². The standard InChI is InChI=1S/C15H5F8N.C8H5BF6O2.C7H2BrF2N/c16-12-5-10(13(17)3-7(12)6-24)9-2-1-8(14(18,19)20)4-11(9)15(21,22)23;10-7(11,12)4-1-2-6(9(16)17)5(3-4)8(13,14)15;8-5-2-6(9)4(3-11)1-7(5)10/h1-5H;1-3,16-17H;1-2H. The first-order valence-corrected chi connectivity index (χ1v) is 13.8. The molecule has 4 nitrogen and oxygen atoms in total. The Morgan fingerprint density at radius 1 is 0.500 bits per heavy atom. The average molecular weight is 827 g/mol. The summed E-state index contributed by atoms with van der Waals surface area (Å²) in [5.74, 6) is -4.01. The van der Waals surface area contributed by atoms with Crippen LogP contribution in [0.4, 0.5) is 70.2 Å². The van der Waals surface area contributed by atoms with Crippen molar-refractivity contribution >= 4 is 28.5 Å². The van der Waals surface area contributed by atoms with Gasteiger partial charge in [0.2, 0.25) is 0 Å². The normalized spacial score (nSPS) is 11.7. The van der Waals surface area contributed by atoms with E-state index in [4.69, 9.17) is 20.6 Å². The summed E-state index contributed by atoms with van der Waals surface area (Å²) in [5.41, 5.74) is -10.5. The van der Waals surface area contributed by atoms with Crippen LogP contribution in [0.25, 0.3) is 11.1 Å². The number of halogens is 17. The Morgan fingerprint density at radius 2 is 0.923 bits per heavy atom. The fourth-order valence-electron chi connectivity index (χ4n) is 3.84. The fourth-order valence-corrected chi connectivity index (χ4v) is 4.16. The van der Waals surface area contributed by atoms with Gasteiger partial charge < -0.3 is 10.0 Å². The van der Waals surface area contributed by atoms with Crippen molar-refractivity contribution in [3.63, 3.8) is 0 Å². The number of hydrogen-bond acceptors (Lipinski definition) is 4. The van der Waals surface area contributed by atoms with Gasteiger partial charge in [0.1, 0.15) is 35.4 Å². The van der Waals surface area contributed by atoms with Gasteiger partial charge in [-0.2, -0.15) is 63.2 Å². The maximum absolute atomic E-state index is 13.9. The van der Waals surface area contributed by atoms with Crippen LogP contribution in [0, 0.1) is 45.9 Å². The lowest BCUT2D eigenvalue weighted by Gasteiger charge is -2.16. The molecular formula is C30H12BBrF16N2O2. The summed E-state index contributed by atoms with van der Waals surface area (Å²) in [4.78, 5) is 0. The number of rotatable bonds is 2. The summed E-state index contributed by atoms with van der Waals surface area (Å²) in [6, 6.07) is 6.47. The molecule has 0 radical (unpaired) electrons. The molecule has 4 rings (SSSR count). The van der Waals surface area contributed by atoms with Crippen molar-refractivity contribution in [3.8, 4) is 23.3 Å². The fraction of sp³-hybridized carbons (Fsp3) is 0.133. The number of nitrogens with zero attached hydrogens (tertiary/aromatic N) is 2. The molecule has 0 aliphatic carbocycles. The number of hydrogen-bond donors (Lipinski definition) is 2. The van der Waals surface area contributed by atoms with Crippen LogP contribution < -0.4 is 5.46 Å². The van der Waals surface area contributed by atoms with E-state index in [2.05, 4.69) is 15.9 Å². The van der Waals surface area contributed by atoms with Gasteiger partial charge in [0, 0.05) is 5.56 Å². The summed E-state index contributed by atoms with van der Waals surface area (Å²) >= 11 is 2.78. The smallest absolute Gasteiger partial charge is 0.423 e. The number of benzene rings is 4. The van der Waals surface area contributed by atoms with Crippen LogP contribution in [0.15, 0.2) is 65.1 Å². The van der Waals surface area contributed by atoms with Crippen LogP contribution in [-0.2, 0) is 24.7 Å². The second-order valence-electron chi connectivity index (χ2n) is 9.71. The summed E-state index contributed by atoms with van der Waals surface area (Å²) in [5, 5.41) is 34.1. The zero-order valence-electron chi connectivity index (χ0n) is 24.6. The highest BCUT2D eigenvalue weighted by molar-refractivity contribution is 9.10. The summed E-state index contributed by atoms with van der Waals surface area (Å²) in [6.07, 6.45) is -20.3. The molecule has 0 saturated carbocycles. The second-order valence-corrected chi connectivity index (χ2v) is 10.6. The quantitative estimate of drug-likeness (QED) is 0.120. The lowest BCUT2D eigenvalue weighted by molar-refractivity contribution is -0.144. The molecule has 0 aliphatic heterocycles. The topological polar surface area (TPSA) is 88.0 Å². The van der Waals surface area contributed by atoms with Gasteiger partial charge in [-0.25, -0.2) is 17.6 Å². The van der Waals surface area contributed by atoms with E-state index < -0.39 is 99.5 Å². The minimum Gasteiger partial charge on any atom is -0.423 e. The highest BCUT2D eigenvalue weighted by Crippen LogP contribution is 2.42. The number of alkyl halides is 12. The van der Waals surface area contributed by atoms with Crippen LogP contribution >= 0.6 is 15.9 Å². The van der Waals surface area contributed by atoms with Crippen molar-refractivity contribution in [2.75, 3.05) is 0 Å². The van der Waals surface area contributed by atoms with E-state index in [1.807, 2.05) is 0 Å². The van der Waals surface area contributed by atoms with E-state index in [0.717, 1.165) is 12.1 Å². The van der Waals surface area contributed by atoms with Crippen molar-refractivity contribution in [2.45, 2.75) is 24.7 Å². The maximum Gasteiger partial charge on any atom is 0.489 e. The molecule has 0 unspecified atom stereocenters. The van der Waals surface area contributed by atoms with Gasteiger partial charge >= 0.3 is 31.8 Å². The van der Waals surface area contributed by atoms with Crippen LogP contribution in [0.3, 0.4) is 0 Å². The minimum absolute atomic E-state index is 0.0222. The third-order valence-corrected chi connectivity index (χ3v) is 6.82. The predicted octanol–water partition coefficient (Wildman–Crippen LogP) is 9.54. The summed E-state index contributed by atoms with van der Waals surface area (Å²) in [6.45, 7) is 0. The van der Waals surface area contributed by atoms with Gasteiger partial charge in [-0.05, 0) is 69.4 Å². The van der Waals surface area contributed by atoms with E-state index in [9.17, 15) is 70.2 Å². The highest BCUT2D eigenvalue weighted by Gasteiger charge is 2.41. The van der Waals surface area contributed by atoms with Crippen LogP contribution in [-0.4, -0.2) is 17.2 Å². The van der Waals surface area contributed by atoms with Crippen LogP contribution in [0.5, 0.6) is 0 Å². The molecule has 52 heavy (non-hydrogen) atoms. The molecule has 0 saturated heterocycles. The molecule has 0 amide bonds. The molecule has 22 heteroatoms. The van der Waals surface area contributed by atoms with E-state index in [1.54, 1.807) is 0 Å². The Balaban J connectivity index is 0.000000291. The molecule has 0 heterocycles. The lowest BCUT2D eigenvalue weighted by atomic mass is 9.76. The third-order valence-electron chi connectivity index (χ3n) is 6.21. The van der Waals surface area contributed by atoms with Crippen molar-refractivity contribution in [1.82, 2.24) is 0 Å². The Hall–Kier alpha value is -4.80. The number of nitriles is 2. The Kier molecular flexibility index (Phi) is 13.6. The average Bonchev–Trinajstić information content (AvgIpc) is 3.02. The summed E-state index contributed by atoms with van der Waals surface area (Å²) < 4.78 is 203. The molecule has 0 bridgehead atoms. The molecule has 2 N–H and O–H groups in total. The molecule has 0 aromatic heterocycles. The Bertz CT molecular complexity index is 2010. The third kappa shape index (κ3) is 11.1. The van der Waals surface area contributed by atoms with Gasteiger partial charge in [-0.15, -0.1) is 0 Å². The Morgan fingerprint density at radius 3 is 1.35 bits per heavy atom. The molecule has 0 aliphatic rings. The molecule has 276 valence electrons. The monoisotopic (exact) mass is 826 g/mol.